The average molecular weight is 906 g/mol. The highest BCUT2D eigenvalue weighted by molar-refractivity contribution is 5.98. The Bertz CT molecular complexity index is 2520. The number of likely N-dealkylation sites (tertiary alicyclic amines) is 1. The lowest BCUT2D eigenvalue weighted by atomic mass is 10.00. The molecule has 1 aliphatic heterocycles. The summed E-state index contributed by atoms with van der Waals surface area (Å²) in [5, 5.41) is 34.7. The number of carbonyl (C=O) groups excluding carboxylic acids is 6. The Morgan fingerprint density at radius 2 is 1.20 bits per heavy atom. The van der Waals surface area contributed by atoms with Gasteiger partial charge >= 0.3 is 5.97 Å². The number of carbonyl (C=O) groups is 7. The number of carboxylic acids is 1. The lowest BCUT2D eigenvalue weighted by Gasteiger charge is -2.31. The van der Waals surface area contributed by atoms with Crippen LogP contribution in [0.5, 0.6) is 0 Å². The Labute approximate surface area is 381 Å². The Hall–Kier alpha value is -7.05. The largest absolute Gasteiger partial charge is 0.480 e. The molecule has 18 nitrogen and oxygen atoms in total. The minimum Gasteiger partial charge on any atom is -0.480 e. The zero-order valence-electron chi connectivity index (χ0n) is 37.2. The molecule has 66 heavy (non-hydrogen) atoms. The van der Waals surface area contributed by atoms with E-state index in [2.05, 4.69) is 36.6 Å². The number of aromatic amines is 2. The number of H-pyrrole nitrogens is 2. The number of fused-ring (bicyclic) bond motifs is 2. The fourth-order valence-electron chi connectivity index (χ4n) is 8.28. The van der Waals surface area contributed by atoms with Crippen LogP contribution in [0, 0.1) is 5.92 Å². The summed E-state index contributed by atoms with van der Waals surface area (Å²) < 4.78 is 0. The third kappa shape index (κ3) is 12.2. The normalized spacial score (nSPS) is 16.5. The molecule has 1 aliphatic rings. The van der Waals surface area contributed by atoms with Crippen molar-refractivity contribution in [2.24, 2.45) is 11.7 Å². The molecule has 0 unspecified atom stereocenters. The van der Waals surface area contributed by atoms with Gasteiger partial charge in [0, 0.05) is 60.0 Å². The van der Waals surface area contributed by atoms with Crippen LogP contribution in [0.15, 0.2) is 91.3 Å². The number of nitrogens with one attached hydrogen (secondary N) is 7. The van der Waals surface area contributed by atoms with Gasteiger partial charge in [-0.05, 0) is 60.9 Å². The molecular formula is C48H59N9O9. The van der Waals surface area contributed by atoms with Gasteiger partial charge in [0.25, 0.3) is 0 Å². The highest BCUT2D eigenvalue weighted by Gasteiger charge is 2.40. The van der Waals surface area contributed by atoms with Crippen LogP contribution in [0.1, 0.15) is 56.7 Å². The van der Waals surface area contributed by atoms with Crippen LogP contribution in [0.2, 0.25) is 0 Å². The van der Waals surface area contributed by atoms with Crippen molar-refractivity contribution in [3.63, 3.8) is 0 Å². The molecule has 6 rings (SSSR count). The van der Waals surface area contributed by atoms with Crippen LogP contribution < -0.4 is 32.3 Å². The molecule has 3 heterocycles. The van der Waals surface area contributed by atoms with Crippen LogP contribution in [-0.2, 0) is 52.8 Å². The summed E-state index contributed by atoms with van der Waals surface area (Å²) in [6.07, 6.45) is 4.38. The molecule has 11 N–H and O–H groups in total. The Morgan fingerprint density at radius 1 is 0.667 bits per heavy atom. The molecule has 350 valence electrons. The van der Waals surface area contributed by atoms with Gasteiger partial charge in [0.15, 0.2) is 0 Å². The standard InChI is InChI=1S/C48H59N9O9/c1-27(2)20-37(54-43(60)34(49)26-58)44(61)55-39(22-30-24-50-35-16-9-7-14-32(30)35)47(64)57-19-11-18-41(57)46(63)52-28(3)42(59)53-38(21-29-12-5-4-6-13-29)45(62)56-40(48(65)66)23-31-25-51-36-17-10-8-15-33(31)36/h4-10,12-17,24-25,27-28,34,37-41,50-51,58H,11,18-23,26,49H2,1-3H3,(H,52,63)(H,53,59)(H,54,60)(H,55,61)(H,56,62)(H,65,66)/t28-,34-,37-,38-,39-,40-,41-/m0/s1. The summed E-state index contributed by atoms with van der Waals surface area (Å²) >= 11 is 0. The minimum absolute atomic E-state index is 0.0168. The van der Waals surface area contributed by atoms with Crippen LogP contribution in [0.25, 0.3) is 21.8 Å². The monoisotopic (exact) mass is 905 g/mol. The number of hydrogen-bond acceptors (Lipinski definition) is 9. The van der Waals surface area contributed by atoms with Gasteiger partial charge in [-0.15, -0.1) is 0 Å². The first-order valence-electron chi connectivity index (χ1n) is 22.2. The van der Waals surface area contributed by atoms with E-state index >= 15 is 0 Å². The number of amides is 6. The van der Waals surface area contributed by atoms with Gasteiger partial charge in [0.1, 0.15) is 42.3 Å². The fourth-order valence-corrected chi connectivity index (χ4v) is 8.28. The summed E-state index contributed by atoms with van der Waals surface area (Å²) in [6.45, 7) is 4.71. The van der Waals surface area contributed by atoms with Crippen molar-refractivity contribution in [3.8, 4) is 0 Å². The number of aliphatic carboxylic acids is 1. The van der Waals surface area contributed by atoms with Crippen molar-refractivity contribution >= 4 is 63.2 Å². The number of carboxylic acid groups (broad SMARTS) is 1. The van der Waals surface area contributed by atoms with Crippen molar-refractivity contribution in [3.05, 3.63) is 108 Å². The Morgan fingerprint density at radius 3 is 1.79 bits per heavy atom. The van der Waals surface area contributed by atoms with E-state index in [1.54, 1.807) is 42.7 Å². The zero-order chi connectivity index (χ0) is 47.5. The molecule has 0 aliphatic carbocycles. The Balaban J connectivity index is 1.16. The summed E-state index contributed by atoms with van der Waals surface area (Å²) in [6, 6.07) is 15.4. The van der Waals surface area contributed by atoms with E-state index in [-0.39, 0.29) is 44.6 Å². The molecule has 3 aromatic carbocycles. The molecule has 7 atom stereocenters. The van der Waals surface area contributed by atoms with Gasteiger partial charge in [-0.2, -0.15) is 0 Å². The number of aliphatic hydroxyl groups excluding tert-OH is 1. The molecule has 1 fully saturated rings. The van der Waals surface area contributed by atoms with Crippen molar-refractivity contribution in [2.45, 2.75) is 102 Å². The summed E-state index contributed by atoms with van der Waals surface area (Å²) in [7, 11) is 0. The number of rotatable bonds is 21. The highest BCUT2D eigenvalue weighted by Crippen LogP contribution is 2.24. The van der Waals surface area contributed by atoms with E-state index in [4.69, 9.17) is 5.73 Å². The molecule has 1 saturated heterocycles. The number of para-hydroxylation sites is 2. The predicted octanol–water partition coefficient (Wildman–Crippen LogP) is 1.56. The fraction of sp³-hybridized carbons (Fsp3) is 0.396. The number of nitrogens with zero attached hydrogens (tertiary/aromatic N) is 1. The summed E-state index contributed by atoms with van der Waals surface area (Å²) in [5.41, 5.74) is 9.47. The quantitative estimate of drug-likeness (QED) is 0.0508. The minimum atomic E-state index is -1.33. The molecular weight excluding hydrogens is 847 g/mol. The van der Waals surface area contributed by atoms with E-state index in [1.165, 1.54) is 11.8 Å². The first-order valence-corrected chi connectivity index (χ1v) is 22.2. The molecule has 0 spiro atoms. The van der Waals surface area contributed by atoms with E-state index in [9.17, 15) is 43.8 Å². The van der Waals surface area contributed by atoms with Gasteiger partial charge in [-0.3, -0.25) is 28.8 Å². The lowest BCUT2D eigenvalue weighted by molar-refractivity contribution is -0.142. The average Bonchev–Trinajstić information content (AvgIpc) is 4.07. The second kappa shape index (κ2) is 22.2. The lowest BCUT2D eigenvalue weighted by Crippen LogP contribution is -2.59. The first-order chi connectivity index (χ1) is 31.6. The molecule has 6 amide bonds. The number of aliphatic hydroxyl groups is 1. The van der Waals surface area contributed by atoms with Gasteiger partial charge in [-0.25, -0.2) is 4.79 Å². The number of benzene rings is 3. The van der Waals surface area contributed by atoms with Crippen molar-refractivity contribution in [1.29, 1.82) is 0 Å². The predicted molar refractivity (Wildman–Crippen MR) is 246 cm³/mol. The Kier molecular flexibility index (Phi) is 16.3. The number of hydrogen-bond donors (Lipinski definition) is 10. The summed E-state index contributed by atoms with van der Waals surface area (Å²) in [4.78, 5) is 103. The van der Waals surface area contributed by atoms with E-state index in [1.807, 2.05) is 62.4 Å². The van der Waals surface area contributed by atoms with Gasteiger partial charge < -0.3 is 57.4 Å². The number of nitrogens with two attached hydrogens (primary N) is 1. The highest BCUT2D eigenvalue weighted by atomic mass is 16.4. The molecule has 18 heteroatoms. The van der Waals surface area contributed by atoms with Gasteiger partial charge in [-0.1, -0.05) is 80.6 Å². The molecule has 5 aromatic rings. The molecule has 0 saturated carbocycles. The van der Waals surface area contributed by atoms with Crippen LogP contribution in [0.3, 0.4) is 0 Å². The summed E-state index contributed by atoms with van der Waals surface area (Å²) in [5.74, 6) is -5.33. The second-order valence-corrected chi connectivity index (χ2v) is 17.2. The maximum absolute atomic E-state index is 14.6. The third-order valence-corrected chi connectivity index (χ3v) is 11.8. The molecule has 0 bridgehead atoms. The van der Waals surface area contributed by atoms with Crippen molar-refractivity contribution in [1.82, 2.24) is 41.5 Å². The number of aromatic nitrogens is 2. The van der Waals surface area contributed by atoms with Crippen molar-refractivity contribution < 1.29 is 43.8 Å². The molecule has 0 radical (unpaired) electrons. The zero-order valence-corrected chi connectivity index (χ0v) is 37.2. The van der Waals surface area contributed by atoms with E-state index < -0.39 is 90.3 Å². The maximum atomic E-state index is 14.6. The SMILES string of the molecule is CC(C)C[C@H](NC(=O)[C@@H](N)CO)C(=O)N[C@@H](Cc1c[nH]c2ccccc12)C(=O)N1CCC[C@H]1C(=O)N[C@@H](C)C(=O)N[C@@H](Cc1ccccc1)C(=O)N[C@@H](Cc1c[nH]c2ccccc12)C(=O)O. The smallest absolute Gasteiger partial charge is 0.326 e. The molecule has 2 aromatic heterocycles. The van der Waals surface area contributed by atoms with Crippen LogP contribution in [-0.4, -0.2) is 122 Å². The van der Waals surface area contributed by atoms with Crippen LogP contribution in [0.4, 0.5) is 0 Å². The van der Waals surface area contributed by atoms with Gasteiger partial charge in [0.2, 0.25) is 35.4 Å². The maximum Gasteiger partial charge on any atom is 0.326 e. The van der Waals surface area contributed by atoms with Crippen molar-refractivity contribution in [2.75, 3.05) is 13.2 Å². The van der Waals surface area contributed by atoms with Gasteiger partial charge in [0.05, 0.1) is 6.61 Å². The van der Waals surface area contributed by atoms with Crippen LogP contribution >= 0.6 is 0 Å². The first kappa shape index (κ1) is 48.4. The topological polar surface area (TPSA) is 281 Å². The van der Waals surface area contributed by atoms with E-state index in [0.29, 0.717) is 17.5 Å². The van der Waals surface area contributed by atoms with E-state index in [0.717, 1.165) is 27.4 Å². The third-order valence-electron chi connectivity index (χ3n) is 11.8. The second-order valence-electron chi connectivity index (χ2n) is 17.2.